The Labute approximate surface area is 323 Å². The van der Waals surface area contributed by atoms with Crippen molar-refractivity contribution in [1.29, 1.82) is 0 Å². The van der Waals surface area contributed by atoms with Gasteiger partial charge in [0.15, 0.2) is 0 Å². The molecule has 0 aliphatic carbocycles. The molecule has 1 N–H and O–H groups in total. The van der Waals surface area contributed by atoms with Crippen molar-refractivity contribution in [3.63, 3.8) is 0 Å². The fourth-order valence-electron chi connectivity index (χ4n) is 6.68. The lowest BCUT2D eigenvalue weighted by atomic mass is 9.85. The van der Waals surface area contributed by atoms with Crippen molar-refractivity contribution in [3.05, 3.63) is 89.5 Å². The summed E-state index contributed by atoms with van der Waals surface area (Å²) in [5.41, 5.74) is 2.45. The standard InChI is InChI=1S/C16H21NO4.C15H19NO4.C11H13NO2/c1-15(2,3)21-14(19)17-10-16(4,13(18)20-5)11-8-6-7-9-12(11)17;1-15(2,3)20-14(18)16-9-11(13(17)19-4)10-7-5-6-8-12(10)16;1-11(10(13)14-2)7-12-9-6-4-3-5-8(9)11/h6-9H,10H2,1-5H3;5-8,11H,9H2,1-4H3;3-6,12H,7H2,1-2H3. The van der Waals surface area contributed by atoms with Crippen LogP contribution in [0.1, 0.15) is 78.0 Å². The number of hydrogen-bond donors (Lipinski definition) is 1. The van der Waals surface area contributed by atoms with E-state index in [-0.39, 0.29) is 31.0 Å². The fourth-order valence-corrected chi connectivity index (χ4v) is 6.68. The van der Waals surface area contributed by atoms with Gasteiger partial charge in [-0.1, -0.05) is 54.6 Å². The highest BCUT2D eigenvalue weighted by atomic mass is 16.6. The van der Waals surface area contributed by atoms with Crippen molar-refractivity contribution in [2.75, 3.05) is 56.1 Å². The second-order valence-corrected chi connectivity index (χ2v) is 15.9. The van der Waals surface area contributed by atoms with Gasteiger partial charge in [0.2, 0.25) is 0 Å². The van der Waals surface area contributed by atoms with Gasteiger partial charge in [0.1, 0.15) is 27.9 Å². The molecule has 3 aliphatic heterocycles. The molecule has 3 aliphatic rings. The van der Waals surface area contributed by atoms with Gasteiger partial charge >= 0.3 is 30.1 Å². The van der Waals surface area contributed by atoms with Gasteiger partial charge in [-0.15, -0.1) is 0 Å². The highest BCUT2D eigenvalue weighted by molar-refractivity contribution is 5.98. The number of rotatable bonds is 3. The van der Waals surface area contributed by atoms with Crippen molar-refractivity contribution in [1.82, 2.24) is 0 Å². The SMILES string of the molecule is COC(=O)C1(C)CN(C(=O)OC(C)(C)C)c2ccccc21.COC(=O)C1(C)CNc2ccccc21.COC(=O)C1CN(C(=O)OC(C)(C)C)c2ccccc21. The molecule has 0 fully saturated rings. The average Bonchev–Trinajstić information content (AvgIpc) is 3.81. The van der Waals surface area contributed by atoms with Crippen LogP contribution in [-0.4, -0.2) is 82.3 Å². The molecular weight excluding hydrogens is 706 g/mol. The van der Waals surface area contributed by atoms with Crippen LogP contribution in [0.2, 0.25) is 0 Å². The van der Waals surface area contributed by atoms with Crippen molar-refractivity contribution in [2.24, 2.45) is 0 Å². The monoisotopic (exact) mass is 759 g/mol. The molecule has 0 spiro atoms. The van der Waals surface area contributed by atoms with Gasteiger partial charge in [-0.2, -0.15) is 0 Å². The molecule has 55 heavy (non-hydrogen) atoms. The van der Waals surface area contributed by atoms with E-state index < -0.39 is 40.1 Å². The van der Waals surface area contributed by atoms with Crippen LogP contribution in [0.25, 0.3) is 0 Å². The third kappa shape index (κ3) is 9.21. The lowest BCUT2D eigenvalue weighted by Crippen LogP contribution is -2.42. The third-order valence-electron chi connectivity index (χ3n) is 9.37. The van der Waals surface area contributed by atoms with Gasteiger partial charge in [-0.05, 0) is 90.3 Å². The number of ether oxygens (including phenoxy) is 5. The van der Waals surface area contributed by atoms with E-state index in [4.69, 9.17) is 23.7 Å². The highest BCUT2D eigenvalue weighted by Gasteiger charge is 2.48. The number of nitrogens with one attached hydrogen (secondary N) is 1. The van der Waals surface area contributed by atoms with Crippen LogP contribution in [0.15, 0.2) is 72.8 Å². The maximum Gasteiger partial charge on any atom is 0.414 e. The van der Waals surface area contributed by atoms with Crippen LogP contribution in [-0.2, 0) is 48.9 Å². The molecule has 6 rings (SSSR count). The molecule has 0 saturated carbocycles. The summed E-state index contributed by atoms with van der Waals surface area (Å²) in [6.45, 7) is 15.6. The minimum atomic E-state index is -0.873. The fraction of sp³-hybridized carbons (Fsp3) is 0.452. The minimum absolute atomic E-state index is 0.185. The zero-order valence-corrected chi connectivity index (χ0v) is 33.6. The van der Waals surface area contributed by atoms with Gasteiger partial charge < -0.3 is 29.0 Å². The summed E-state index contributed by atoms with van der Waals surface area (Å²) < 4.78 is 25.3. The number of anilines is 3. The Morgan fingerprint density at radius 3 is 1.69 bits per heavy atom. The predicted octanol–water partition coefficient (Wildman–Crippen LogP) is 7.11. The number of carbonyl (C=O) groups excluding carboxylic acids is 5. The van der Waals surface area contributed by atoms with Gasteiger partial charge in [0.25, 0.3) is 0 Å². The molecule has 3 heterocycles. The molecule has 0 saturated heterocycles. The van der Waals surface area contributed by atoms with E-state index in [0.717, 1.165) is 22.4 Å². The summed E-state index contributed by atoms with van der Waals surface area (Å²) in [4.78, 5) is 63.2. The summed E-state index contributed by atoms with van der Waals surface area (Å²) in [5, 5.41) is 3.21. The van der Waals surface area contributed by atoms with E-state index in [1.807, 2.05) is 121 Å². The molecule has 2 amide bonds. The van der Waals surface area contributed by atoms with Crippen molar-refractivity contribution < 1.29 is 47.7 Å². The second-order valence-electron chi connectivity index (χ2n) is 15.9. The van der Waals surface area contributed by atoms with E-state index in [0.29, 0.717) is 17.9 Å². The van der Waals surface area contributed by atoms with Crippen molar-refractivity contribution in [2.45, 2.75) is 83.3 Å². The molecule has 3 aromatic rings. The van der Waals surface area contributed by atoms with Crippen LogP contribution < -0.4 is 15.1 Å². The molecule has 3 atom stereocenters. The number of nitrogens with zero attached hydrogens (tertiary/aromatic N) is 2. The second kappa shape index (κ2) is 16.4. The smallest absolute Gasteiger partial charge is 0.414 e. The summed E-state index contributed by atoms with van der Waals surface area (Å²) in [5.74, 6) is -1.34. The summed E-state index contributed by atoms with van der Waals surface area (Å²) in [7, 11) is 4.13. The Kier molecular flexibility index (Phi) is 12.6. The Morgan fingerprint density at radius 1 is 0.636 bits per heavy atom. The molecule has 3 unspecified atom stereocenters. The molecule has 0 aromatic heterocycles. The van der Waals surface area contributed by atoms with Crippen molar-refractivity contribution >= 4 is 47.2 Å². The van der Waals surface area contributed by atoms with Crippen LogP contribution in [0.5, 0.6) is 0 Å². The first kappa shape index (κ1) is 42.2. The number of methoxy groups -OCH3 is 3. The largest absolute Gasteiger partial charge is 0.468 e. The molecular formula is C42H53N3O10. The number of fused-ring (bicyclic) bond motifs is 3. The van der Waals surface area contributed by atoms with Gasteiger partial charge in [-0.25, -0.2) is 9.59 Å². The zero-order valence-electron chi connectivity index (χ0n) is 33.6. The quantitative estimate of drug-likeness (QED) is 0.215. The van der Waals surface area contributed by atoms with Crippen molar-refractivity contribution in [3.8, 4) is 0 Å². The van der Waals surface area contributed by atoms with Crippen LogP contribution in [0.4, 0.5) is 26.7 Å². The molecule has 296 valence electrons. The average molecular weight is 760 g/mol. The predicted molar refractivity (Wildman–Crippen MR) is 208 cm³/mol. The van der Waals surface area contributed by atoms with E-state index in [1.165, 1.54) is 31.1 Å². The highest BCUT2D eigenvalue weighted by Crippen LogP contribution is 2.42. The first-order chi connectivity index (χ1) is 25.7. The van der Waals surface area contributed by atoms with Crippen LogP contribution >= 0.6 is 0 Å². The molecule has 3 aromatic carbocycles. The lowest BCUT2D eigenvalue weighted by molar-refractivity contribution is -0.147. The Balaban J connectivity index is 0.000000187. The number of carbonyl (C=O) groups is 5. The topological polar surface area (TPSA) is 150 Å². The molecule has 0 bridgehead atoms. The minimum Gasteiger partial charge on any atom is -0.468 e. The molecule has 0 radical (unpaired) electrons. The third-order valence-corrected chi connectivity index (χ3v) is 9.37. The Morgan fingerprint density at radius 2 is 1.13 bits per heavy atom. The lowest BCUT2D eigenvalue weighted by Gasteiger charge is -2.26. The summed E-state index contributed by atoms with van der Waals surface area (Å²) in [6.07, 6.45) is -0.904. The van der Waals surface area contributed by atoms with Crippen LogP contribution in [0.3, 0.4) is 0 Å². The zero-order chi connectivity index (χ0) is 40.9. The first-order valence-corrected chi connectivity index (χ1v) is 18.0. The Hall–Kier alpha value is -5.59. The van der Waals surface area contributed by atoms with Gasteiger partial charge in [0.05, 0.1) is 32.7 Å². The molecule has 13 heteroatoms. The van der Waals surface area contributed by atoms with Gasteiger partial charge in [-0.3, -0.25) is 24.2 Å². The number of para-hydroxylation sites is 3. The number of hydrogen-bond acceptors (Lipinski definition) is 11. The first-order valence-electron chi connectivity index (χ1n) is 18.0. The normalized spacial score (nSPS) is 20.5. The maximum absolute atomic E-state index is 12.4. The number of benzene rings is 3. The van der Waals surface area contributed by atoms with Gasteiger partial charge in [0, 0.05) is 25.3 Å². The summed E-state index contributed by atoms with van der Waals surface area (Å²) in [6, 6.07) is 22.5. The van der Waals surface area contributed by atoms with E-state index in [2.05, 4.69) is 5.32 Å². The number of amides is 2. The van der Waals surface area contributed by atoms with E-state index >= 15 is 0 Å². The Bertz CT molecular complexity index is 1920. The van der Waals surface area contributed by atoms with Crippen LogP contribution in [0, 0.1) is 0 Å². The summed E-state index contributed by atoms with van der Waals surface area (Å²) >= 11 is 0. The maximum atomic E-state index is 12.4. The molecule has 13 nitrogen and oxygen atoms in total. The number of esters is 3. The van der Waals surface area contributed by atoms with E-state index in [1.54, 1.807) is 6.92 Å². The van der Waals surface area contributed by atoms with E-state index in [9.17, 15) is 24.0 Å².